The van der Waals surface area contributed by atoms with Gasteiger partial charge in [0.1, 0.15) is 0 Å². The number of rotatable bonds is 4. The lowest BCUT2D eigenvalue weighted by molar-refractivity contribution is 0.579. The molecular weight excluding hydrogens is 276 g/mol. The predicted molar refractivity (Wildman–Crippen MR) is 90.8 cm³/mol. The van der Waals surface area contributed by atoms with Gasteiger partial charge in [0.2, 0.25) is 0 Å². The van der Waals surface area contributed by atoms with Gasteiger partial charge >= 0.3 is 0 Å². The van der Waals surface area contributed by atoms with E-state index in [0.29, 0.717) is 6.04 Å². The van der Waals surface area contributed by atoms with Crippen LogP contribution in [-0.4, -0.2) is 4.98 Å². The smallest absolute Gasteiger partial charge is 0.0391 e. The van der Waals surface area contributed by atoms with Crippen molar-refractivity contribution in [3.8, 4) is 0 Å². The van der Waals surface area contributed by atoms with Gasteiger partial charge in [-0.15, -0.1) is 11.3 Å². The van der Waals surface area contributed by atoms with Gasteiger partial charge in [0.15, 0.2) is 0 Å². The third-order valence-corrected chi connectivity index (χ3v) is 5.46. The summed E-state index contributed by atoms with van der Waals surface area (Å²) < 4.78 is 1.37. The average molecular weight is 296 g/mol. The molecule has 108 valence electrons. The minimum atomic E-state index is 0.356. The van der Waals surface area contributed by atoms with Gasteiger partial charge in [-0.05, 0) is 55.0 Å². The van der Waals surface area contributed by atoms with Gasteiger partial charge in [0.05, 0.1) is 0 Å². The molecule has 3 aromatic rings. The number of benzene rings is 1. The second-order valence-corrected chi connectivity index (χ2v) is 6.58. The Morgan fingerprint density at radius 2 is 2.00 bits per heavy atom. The molecule has 1 N–H and O–H groups in total. The van der Waals surface area contributed by atoms with Crippen LogP contribution >= 0.6 is 11.3 Å². The van der Waals surface area contributed by atoms with Crippen LogP contribution in [0, 0.1) is 13.8 Å². The maximum Gasteiger partial charge on any atom is 0.0391 e. The molecule has 3 rings (SSSR count). The van der Waals surface area contributed by atoms with Gasteiger partial charge in [0, 0.05) is 34.6 Å². The molecule has 0 amide bonds. The van der Waals surface area contributed by atoms with E-state index in [-0.39, 0.29) is 0 Å². The molecule has 21 heavy (non-hydrogen) atoms. The highest BCUT2D eigenvalue weighted by molar-refractivity contribution is 7.19. The lowest BCUT2D eigenvalue weighted by atomic mass is 10.1. The number of aryl methyl sites for hydroxylation is 2. The molecule has 0 aliphatic carbocycles. The van der Waals surface area contributed by atoms with Gasteiger partial charge in [-0.25, -0.2) is 0 Å². The molecule has 1 aromatic carbocycles. The van der Waals surface area contributed by atoms with E-state index >= 15 is 0 Å². The van der Waals surface area contributed by atoms with Crippen LogP contribution in [-0.2, 0) is 6.54 Å². The monoisotopic (exact) mass is 296 g/mol. The number of hydrogen-bond donors (Lipinski definition) is 1. The first-order valence-electron chi connectivity index (χ1n) is 7.27. The van der Waals surface area contributed by atoms with Crippen molar-refractivity contribution >= 4 is 21.4 Å². The summed E-state index contributed by atoms with van der Waals surface area (Å²) in [5, 5.41) is 5.02. The van der Waals surface area contributed by atoms with Crippen molar-refractivity contribution in [1.82, 2.24) is 10.3 Å². The second-order valence-electron chi connectivity index (χ2n) is 5.49. The molecule has 1 atom stereocenters. The third kappa shape index (κ3) is 2.85. The Balaban J connectivity index is 1.80. The first kappa shape index (κ1) is 14.2. The van der Waals surface area contributed by atoms with Crippen molar-refractivity contribution < 1.29 is 0 Å². The van der Waals surface area contributed by atoms with E-state index in [1.54, 1.807) is 0 Å². The number of hydrogen-bond acceptors (Lipinski definition) is 3. The van der Waals surface area contributed by atoms with Crippen molar-refractivity contribution in [1.29, 1.82) is 0 Å². The fourth-order valence-corrected chi connectivity index (χ4v) is 3.90. The van der Waals surface area contributed by atoms with E-state index in [4.69, 9.17) is 0 Å². The fraction of sp³-hybridized carbons (Fsp3) is 0.278. The Morgan fingerprint density at radius 3 is 2.76 bits per heavy atom. The minimum Gasteiger partial charge on any atom is -0.305 e. The summed E-state index contributed by atoms with van der Waals surface area (Å²) in [6.07, 6.45) is 3.78. The zero-order valence-corrected chi connectivity index (χ0v) is 13.5. The summed E-state index contributed by atoms with van der Waals surface area (Å²) in [6.45, 7) is 7.46. The number of thiophene rings is 1. The van der Waals surface area contributed by atoms with Gasteiger partial charge in [0.25, 0.3) is 0 Å². The maximum absolute atomic E-state index is 4.15. The van der Waals surface area contributed by atoms with Crippen LogP contribution < -0.4 is 5.32 Å². The van der Waals surface area contributed by atoms with Crippen molar-refractivity contribution in [2.24, 2.45) is 0 Å². The highest BCUT2D eigenvalue weighted by Gasteiger charge is 2.14. The van der Waals surface area contributed by atoms with E-state index in [0.717, 1.165) is 6.54 Å². The average Bonchev–Trinajstić information content (AvgIpc) is 2.84. The zero-order valence-electron chi connectivity index (χ0n) is 12.7. The van der Waals surface area contributed by atoms with Crippen LogP contribution in [0.1, 0.15) is 34.5 Å². The van der Waals surface area contributed by atoms with Crippen LogP contribution in [0.2, 0.25) is 0 Å². The quantitative estimate of drug-likeness (QED) is 0.750. The molecule has 2 nitrogen and oxygen atoms in total. The molecule has 3 heteroatoms. The largest absolute Gasteiger partial charge is 0.305 e. The van der Waals surface area contributed by atoms with Gasteiger partial charge in [-0.1, -0.05) is 18.2 Å². The highest BCUT2D eigenvalue weighted by atomic mass is 32.1. The molecule has 0 aliphatic rings. The molecule has 0 aliphatic heterocycles. The van der Waals surface area contributed by atoms with E-state index in [1.807, 2.05) is 23.7 Å². The molecule has 2 heterocycles. The second kappa shape index (κ2) is 5.96. The van der Waals surface area contributed by atoms with E-state index in [9.17, 15) is 0 Å². The van der Waals surface area contributed by atoms with Crippen LogP contribution in [0.5, 0.6) is 0 Å². The Bertz CT molecular complexity index is 761. The fourth-order valence-electron chi connectivity index (χ4n) is 2.66. The SMILES string of the molecule is Cc1cnccc1CNC(C)c1sc2ccccc2c1C. The third-order valence-electron chi connectivity index (χ3n) is 4.01. The molecule has 1 unspecified atom stereocenters. The zero-order chi connectivity index (χ0) is 14.8. The molecule has 0 spiro atoms. The summed E-state index contributed by atoms with van der Waals surface area (Å²) in [6, 6.07) is 11.1. The lowest BCUT2D eigenvalue weighted by Crippen LogP contribution is -2.18. The van der Waals surface area contributed by atoms with Crippen molar-refractivity contribution in [2.75, 3.05) is 0 Å². The van der Waals surface area contributed by atoms with Crippen LogP contribution in [0.25, 0.3) is 10.1 Å². The number of nitrogens with zero attached hydrogens (tertiary/aromatic N) is 1. The van der Waals surface area contributed by atoms with Crippen LogP contribution in [0.3, 0.4) is 0 Å². The molecule has 0 radical (unpaired) electrons. The molecule has 0 saturated heterocycles. The normalized spacial score (nSPS) is 12.7. The van der Waals surface area contributed by atoms with Crippen molar-refractivity contribution in [3.63, 3.8) is 0 Å². The maximum atomic E-state index is 4.15. The molecule has 0 bridgehead atoms. The topological polar surface area (TPSA) is 24.9 Å². The van der Waals surface area contributed by atoms with Crippen LogP contribution in [0.4, 0.5) is 0 Å². The Hall–Kier alpha value is -1.71. The summed E-state index contributed by atoms with van der Waals surface area (Å²) in [5.41, 5.74) is 3.96. The summed E-state index contributed by atoms with van der Waals surface area (Å²) >= 11 is 1.90. The Kier molecular flexibility index (Phi) is 4.04. The van der Waals surface area contributed by atoms with E-state index in [1.165, 1.54) is 31.7 Å². The first-order valence-corrected chi connectivity index (χ1v) is 8.09. The van der Waals surface area contributed by atoms with Gasteiger partial charge in [-0.2, -0.15) is 0 Å². The van der Waals surface area contributed by atoms with E-state index < -0.39 is 0 Å². The first-order chi connectivity index (χ1) is 10.2. The van der Waals surface area contributed by atoms with E-state index in [2.05, 4.69) is 61.4 Å². The Labute approximate surface area is 129 Å². The van der Waals surface area contributed by atoms with Crippen molar-refractivity contribution in [2.45, 2.75) is 33.4 Å². The summed E-state index contributed by atoms with van der Waals surface area (Å²) in [4.78, 5) is 5.58. The van der Waals surface area contributed by atoms with Gasteiger partial charge in [-0.3, -0.25) is 4.98 Å². The summed E-state index contributed by atoms with van der Waals surface area (Å²) in [5.74, 6) is 0. The molecule has 0 fully saturated rings. The van der Waals surface area contributed by atoms with Crippen LogP contribution in [0.15, 0.2) is 42.7 Å². The molecule has 0 saturated carbocycles. The number of nitrogens with one attached hydrogen (secondary N) is 1. The minimum absolute atomic E-state index is 0.356. The number of aromatic nitrogens is 1. The highest BCUT2D eigenvalue weighted by Crippen LogP contribution is 2.34. The predicted octanol–water partition coefficient (Wildman–Crippen LogP) is 4.76. The van der Waals surface area contributed by atoms with Gasteiger partial charge < -0.3 is 5.32 Å². The summed E-state index contributed by atoms with van der Waals surface area (Å²) in [7, 11) is 0. The standard InChI is InChI=1S/C18H20N2S/c1-12-10-19-9-8-15(12)11-20-14(3)18-13(2)16-6-4-5-7-17(16)21-18/h4-10,14,20H,11H2,1-3H3. The number of fused-ring (bicyclic) bond motifs is 1. The number of pyridine rings is 1. The molecular formula is C18H20N2S. The lowest BCUT2D eigenvalue weighted by Gasteiger charge is -2.14. The van der Waals surface area contributed by atoms with Crippen molar-refractivity contribution in [3.05, 3.63) is 64.3 Å². The molecule has 2 aromatic heterocycles. The Morgan fingerprint density at radius 1 is 1.19 bits per heavy atom.